The van der Waals surface area contributed by atoms with Crippen molar-refractivity contribution in [3.05, 3.63) is 59.7 Å². The van der Waals surface area contributed by atoms with Gasteiger partial charge in [-0.25, -0.2) is 22.3 Å². The van der Waals surface area contributed by atoms with E-state index in [9.17, 15) is 21.6 Å². The molecule has 1 saturated heterocycles. The summed E-state index contributed by atoms with van der Waals surface area (Å²) in [5, 5.41) is 4.14. The van der Waals surface area contributed by atoms with Gasteiger partial charge in [0.05, 0.1) is 21.3 Å². The van der Waals surface area contributed by atoms with Crippen molar-refractivity contribution in [1.29, 1.82) is 0 Å². The first kappa shape index (κ1) is 21.7. The zero-order valence-corrected chi connectivity index (χ0v) is 18.5. The highest BCUT2D eigenvalue weighted by molar-refractivity contribution is 7.91. The van der Waals surface area contributed by atoms with Gasteiger partial charge in [0.25, 0.3) is 5.91 Å². The largest absolute Gasteiger partial charge is 0.271 e. The van der Waals surface area contributed by atoms with Crippen molar-refractivity contribution in [1.82, 2.24) is 9.73 Å². The number of rotatable bonds is 4. The third kappa shape index (κ3) is 4.41. The molecule has 0 unspecified atom stereocenters. The summed E-state index contributed by atoms with van der Waals surface area (Å²) in [4.78, 5) is 12.9. The molecule has 2 aromatic carbocycles. The van der Waals surface area contributed by atoms with Crippen LogP contribution >= 0.6 is 0 Å². The summed E-state index contributed by atoms with van der Waals surface area (Å²) in [6.07, 6.45) is 2.85. The van der Waals surface area contributed by atoms with Gasteiger partial charge in [0.15, 0.2) is 9.84 Å². The number of nitrogens with one attached hydrogen (secondary N) is 1. The molecule has 0 aromatic heterocycles. The van der Waals surface area contributed by atoms with Gasteiger partial charge in [0.2, 0.25) is 10.0 Å². The molecule has 2 heterocycles. The Balaban J connectivity index is 1.56. The molecular weight excluding hydrogens is 438 g/mol. The molecule has 8 nitrogen and oxygen atoms in total. The molecule has 2 aliphatic heterocycles. The average Bonchev–Trinajstić information content (AvgIpc) is 2.79. The monoisotopic (exact) mass is 461 g/mol. The minimum Gasteiger partial charge on any atom is -0.267 e. The van der Waals surface area contributed by atoms with Gasteiger partial charge in [-0.15, -0.1) is 0 Å². The topological polar surface area (TPSA) is 113 Å². The van der Waals surface area contributed by atoms with E-state index >= 15 is 0 Å². The summed E-state index contributed by atoms with van der Waals surface area (Å²) in [5.74, 6) is -0.642. The molecule has 0 atom stereocenters. The summed E-state index contributed by atoms with van der Waals surface area (Å²) in [7, 11) is -7.02. The van der Waals surface area contributed by atoms with Gasteiger partial charge in [0.1, 0.15) is 0 Å². The summed E-state index contributed by atoms with van der Waals surface area (Å²) >= 11 is 0. The van der Waals surface area contributed by atoms with E-state index in [1.165, 1.54) is 34.6 Å². The molecule has 0 aliphatic carbocycles. The number of benzene rings is 2. The number of sulfone groups is 1. The quantitative estimate of drug-likeness (QED) is 0.701. The van der Waals surface area contributed by atoms with Crippen LogP contribution < -0.4 is 5.43 Å². The number of carbonyl (C=O) groups excluding carboxylic acids is 1. The fourth-order valence-corrected chi connectivity index (χ4v) is 6.86. The summed E-state index contributed by atoms with van der Waals surface area (Å²) in [6.45, 7) is 0.962. The lowest BCUT2D eigenvalue weighted by atomic mass is 10.1. The molecule has 2 aliphatic rings. The van der Waals surface area contributed by atoms with Crippen molar-refractivity contribution in [2.24, 2.45) is 5.10 Å². The smallest absolute Gasteiger partial charge is 0.267 e. The predicted molar refractivity (Wildman–Crippen MR) is 116 cm³/mol. The lowest BCUT2D eigenvalue weighted by Gasteiger charge is -2.26. The Labute approximate surface area is 181 Å². The maximum Gasteiger partial charge on any atom is 0.271 e. The van der Waals surface area contributed by atoms with E-state index in [1.54, 1.807) is 18.2 Å². The molecule has 10 heteroatoms. The first-order chi connectivity index (χ1) is 14.8. The molecule has 0 spiro atoms. The molecule has 1 N–H and O–H groups in total. The molecule has 0 bridgehead atoms. The van der Waals surface area contributed by atoms with Gasteiger partial charge < -0.3 is 0 Å². The number of hydrogen-bond donors (Lipinski definition) is 1. The highest BCUT2D eigenvalue weighted by atomic mass is 32.2. The summed E-state index contributed by atoms with van der Waals surface area (Å²) in [6, 6.07) is 12.4. The third-order valence-corrected chi connectivity index (χ3v) is 9.14. The molecule has 0 saturated carbocycles. The maximum atomic E-state index is 12.9. The van der Waals surface area contributed by atoms with Crippen molar-refractivity contribution in [3.63, 3.8) is 0 Å². The Kier molecular flexibility index (Phi) is 5.96. The average molecular weight is 462 g/mol. The minimum absolute atomic E-state index is 0.0730. The lowest BCUT2D eigenvalue weighted by molar-refractivity contribution is 0.0954. The minimum atomic E-state index is -3.66. The van der Waals surface area contributed by atoms with Gasteiger partial charge in [0, 0.05) is 30.6 Å². The first-order valence-electron chi connectivity index (χ1n) is 10.1. The zero-order chi connectivity index (χ0) is 22.1. The number of amides is 1. The Hall–Kier alpha value is -2.56. The van der Waals surface area contributed by atoms with Crippen LogP contribution in [-0.4, -0.2) is 51.6 Å². The Morgan fingerprint density at radius 3 is 2.52 bits per heavy atom. The predicted octanol–water partition coefficient (Wildman–Crippen LogP) is 2.17. The molecule has 1 fully saturated rings. The maximum absolute atomic E-state index is 12.9. The Morgan fingerprint density at radius 1 is 1.00 bits per heavy atom. The summed E-state index contributed by atoms with van der Waals surface area (Å²) in [5.41, 5.74) is 3.54. The molecule has 2 aromatic rings. The number of fused-ring (bicyclic) bond motifs is 1. The van der Waals surface area contributed by atoms with E-state index in [2.05, 4.69) is 10.5 Å². The van der Waals surface area contributed by atoms with Crippen LogP contribution in [0.5, 0.6) is 0 Å². The summed E-state index contributed by atoms with van der Waals surface area (Å²) < 4.78 is 51.7. The van der Waals surface area contributed by atoms with Crippen molar-refractivity contribution in [2.45, 2.75) is 35.5 Å². The normalized spacial score (nSPS) is 20.2. The number of carbonyl (C=O) groups is 1. The van der Waals surface area contributed by atoms with Crippen molar-refractivity contribution >= 4 is 31.5 Å². The van der Waals surface area contributed by atoms with Crippen LogP contribution in [0.25, 0.3) is 0 Å². The van der Waals surface area contributed by atoms with Crippen molar-refractivity contribution in [2.75, 3.05) is 18.8 Å². The fraction of sp³-hybridized carbons (Fsp3) is 0.333. The van der Waals surface area contributed by atoms with Gasteiger partial charge in [-0.3, -0.25) is 4.79 Å². The fourth-order valence-electron chi connectivity index (χ4n) is 3.80. The zero-order valence-electron chi connectivity index (χ0n) is 16.8. The van der Waals surface area contributed by atoms with Crippen LogP contribution in [0.15, 0.2) is 63.4 Å². The van der Waals surface area contributed by atoms with E-state index in [0.29, 0.717) is 24.4 Å². The molecule has 31 heavy (non-hydrogen) atoms. The van der Waals surface area contributed by atoms with Crippen LogP contribution in [0.2, 0.25) is 0 Å². The molecular formula is C21H23N3O5S2. The van der Waals surface area contributed by atoms with Crippen LogP contribution in [-0.2, 0) is 19.9 Å². The third-order valence-electron chi connectivity index (χ3n) is 5.48. The van der Waals surface area contributed by atoms with Gasteiger partial charge >= 0.3 is 0 Å². The van der Waals surface area contributed by atoms with Gasteiger partial charge in [-0.2, -0.15) is 9.41 Å². The molecule has 4 rings (SSSR count). The number of piperidine rings is 1. The van der Waals surface area contributed by atoms with Crippen molar-refractivity contribution in [3.8, 4) is 0 Å². The van der Waals surface area contributed by atoms with Gasteiger partial charge in [-0.1, -0.05) is 30.7 Å². The second-order valence-electron chi connectivity index (χ2n) is 7.56. The van der Waals surface area contributed by atoms with E-state index in [0.717, 1.165) is 19.3 Å². The van der Waals surface area contributed by atoms with Crippen LogP contribution in [0.4, 0.5) is 0 Å². The molecule has 164 valence electrons. The van der Waals surface area contributed by atoms with E-state index in [4.69, 9.17) is 0 Å². The standard InChI is InChI=1S/C21H23N3O5S2/c25-21(23-22-19-11-14-30(26,27)20-10-3-2-9-18(19)20)16-7-6-8-17(15-16)31(28,29)24-12-4-1-5-13-24/h2-3,6-10,15H,1,4-5,11-14H2,(H,23,25)/b22-19-. The van der Waals surface area contributed by atoms with E-state index in [-0.39, 0.29) is 27.5 Å². The van der Waals surface area contributed by atoms with Crippen molar-refractivity contribution < 1.29 is 21.6 Å². The first-order valence-corrected chi connectivity index (χ1v) is 13.2. The van der Waals surface area contributed by atoms with Gasteiger partial charge in [-0.05, 0) is 37.1 Å². The van der Waals surface area contributed by atoms with Crippen LogP contribution in [0.3, 0.4) is 0 Å². The molecule has 1 amide bonds. The van der Waals surface area contributed by atoms with Crippen LogP contribution in [0, 0.1) is 0 Å². The second kappa shape index (κ2) is 8.52. The lowest BCUT2D eigenvalue weighted by Crippen LogP contribution is -2.35. The number of sulfonamides is 1. The highest BCUT2D eigenvalue weighted by Crippen LogP contribution is 2.25. The SMILES string of the molecule is O=C(N/N=C1/CCS(=O)(=O)c2ccccc21)c1cccc(S(=O)(=O)N2CCCCC2)c1. The van der Waals surface area contributed by atoms with E-state index in [1.807, 2.05) is 0 Å². The number of nitrogens with zero attached hydrogens (tertiary/aromatic N) is 2. The number of hydrogen-bond acceptors (Lipinski definition) is 6. The van der Waals surface area contributed by atoms with E-state index < -0.39 is 25.8 Å². The molecule has 0 radical (unpaired) electrons. The van der Waals surface area contributed by atoms with Crippen LogP contribution in [0.1, 0.15) is 41.6 Å². The Bertz CT molecular complexity index is 1250. The highest BCUT2D eigenvalue weighted by Gasteiger charge is 2.28. The second-order valence-corrected chi connectivity index (χ2v) is 11.6. The number of hydrazone groups is 1. The Morgan fingerprint density at radius 2 is 1.74 bits per heavy atom.